The largest absolute Gasteiger partial charge is 0.351 e. The molecule has 110 valence electrons. The summed E-state index contributed by atoms with van der Waals surface area (Å²) in [5.74, 6) is 5.44. The van der Waals surface area contributed by atoms with E-state index in [4.69, 9.17) is 5.84 Å². The molecule has 2 rings (SSSR count). The molecule has 0 heterocycles. The molecular weight excluding hydrogens is 250 g/mol. The molecule has 1 fully saturated rings. The fourth-order valence-electron chi connectivity index (χ4n) is 3.12. The summed E-state index contributed by atoms with van der Waals surface area (Å²) in [5, 5.41) is 3.10. The quantitative estimate of drug-likeness (QED) is 0.571. The highest BCUT2D eigenvalue weighted by Crippen LogP contribution is 2.40. The van der Waals surface area contributed by atoms with E-state index in [-0.39, 0.29) is 5.91 Å². The first-order valence-corrected chi connectivity index (χ1v) is 7.46. The number of carbonyl (C=O) groups excluding carboxylic acids is 1. The lowest BCUT2D eigenvalue weighted by Gasteiger charge is -2.27. The fraction of sp³-hybridized carbons (Fsp3) is 0.562. The van der Waals surface area contributed by atoms with Crippen molar-refractivity contribution in [3.63, 3.8) is 0 Å². The van der Waals surface area contributed by atoms with Gasteiger partial charge in [-0.3, -0.25) is 10.6 Å². The summed E-state index contributed by atoms with van der Waals surface area (Å²) in [6, 6.07) is 5.66. The first-order valence-electron chi connectivity index (χ1n) is 7.46. The van der Waals surface area contributed by atoms with Crippen molar-refractivity contribution in [2.45, 2.75) is 46.0 Å². The molecule has 1 amide bonds. The number of hydrogen-bond donors (Lipinski definition) is 3. The predicted octanol–water partition coefficient (Wildman–Crippen LogP) is 2.98. The molecule has 1 saturated carbocycles. The maximum absolute atomic E-state index is 12.4. The van der Waals surface area contributed by atoms with E-state index in [0.29, 0.717) is 16.7 Å². The Morgan fingerprint density at radius 3 is 2.65 bits per heavy atom. The Labute approximate surface area is 121 Å². The standard InChI is InChI=1S/C16H25N3O/c1-3-16(8-4-5-9-16)11-18-15(20)13-10-12(2)6-7-14(13)19-17/h6-7,10,19H,3-5,8-9,11,17H2,1-2H3,(H,18,20). The summed E-state index contributed by atoms with van der Waals surface area (Å²) >= 11 is 0. The smallest absolute Gasteiger partial charge is 0.253 e. The molecule has 1 aromatic rings. The van der Waals surface area contributed by atoms with Crippen LogP contribution < -0.4 is 16.6 Å². The van der Waals surface area contributed by atoms with Gasteiger partial charge in [-0.05, 0) is 43.7 Å². The molecule has 4 nitrogen and oxygen atoms in total. The van der Waals surface area contributed by atoms with Crippen LogP contribution in [-0.4, -0.2) is 12.5 Å². The third-order valence-electron chi connectivity index (χ3n) is 4.61. The van der Waals surface area contributed by atoms with E-state index < -0.39 is 0 Å². The maximum atomic E-state index is 12.4. The molecule has 0 saturated heterocycles. The van der Waals surface area contributed by atoms with Crippen LogP contribution in [0, 0.1) is 12.3 Å². The molecule has 4 heteroatoms. The number of nitrogen functional groups attached to an aromatic ring is 1. The number of aryl methyl sites for hydroxylation is 1. The number of hydrazine groups is 1. The normalized spacial score (nSPS) is 16.9. The Morgan fingerprint density at radius 1 is 1.35 bits per heavy atom. The summed E-state index contributed by atoms with van der Waals surface area (Å²) in [6.45, 7) is 4.96. The molecule has 1 aromatic carbocycles. The van der Waals surface area contributed by atoms with Crippen LogP contribution in [0.2, 0.25) is 0 Å². The van der Waals surface area contributed by atoms with E-state index >= 15 is 0 Å². The van der Waals surface area contributed by atoms with Gasteiger partial charge in [-0.15, -0.1) is 0 Å². The van der Waals surface area contributed by atoms with E-state index in [0.717, 1.165) is 18.5 Å². The third-order valence-corrected chi connectivity index (χ3v) is 4.61. The SMILES string of the molecule is CCC1(CNC(=O)c2cc(C)ccc2NN)CCCC1. The number of carbonyl (C=O) groups is 1. The molecule has 20 heavy (non-hydrogen) atoms. The summed E-state index contributed by atoms with van der Waals surface area (Å²) in [4.78, 5) is 12.4. The minimum atomic E-state index is -0.0404. The summed E-state index contributed by atoms with van der Waals surface area (Å²) in [7, 11) is 0. The molecule has 0 bridgehead atoms. The van der Waals surface area contributed by atoms with Gasteiger partial charge >= 0.3 is 0 Å². The molecule has 0 unspecified atom stereocenters. The van der Waals surface area contributed by atoms with Crippen LogP contribution in [0.1, 0.15) is 54.9 Å². The number of hydrogen-bond acceptors (Lipinski definition) is 3. The van der Waals surface area contributed by atoms with Crippen molar-refractivity contribution in [1.29, 1.82) is 0 Å². The van der Waals surface area contributed by atoms with E-state index in [1.54, 1.807) is 0 Å². The summed E-state index contributed by atoms with van der Waals surface area (Å²) in [6.07, 6.45) is 6.13. The molecule has 0 aromatic heterocycles. The molecule has 1 aliphatic carbocycles. The Hall–Kier alpha value is -1.55. The zero-order valence-corrected chi connectivity index (χ0v) is 12.5. The van der Waals surface area contributed by atoms with Crippen molar-refractivity contribution in [2.24, 2.45) is 11.3 Å². The summed E-state index contributed by atoms with van der Waals surface area (Å²) < 4.78 is 0. The van der Waals surface area contributed by atoms with Gasteiger partial charge in [-0.2, -0.15) is 0 Å². The van der Waals surface area contributed by atoms with Crippen LogP contribution in [0.5, 0.6) is 0 Å². The minimum absolute atomic E-state index is 0.0404. The first-order chi connectivity index (χ1) is 9.60. The van der Waals surface area contributed by atoms with Crippen LogP contribution in [0.15, 0.2) is 18.2 Å². The lowest BCUT2D eigenvalue weighted by Crippen LogP contribution is -2.36. The molecule has 4 N–H and O–H groups in total. The van der Waals surface area contributed by atoms with Gasteiger partial charge in [-0.25, -0.2) is 0 Å². The highest BCUT2D eigenvalue weighted by atomic mass is 16.1. The Morgan fingerprint density at radius 2 is 2.05 bits per heavy atom. The zero-order chi connectivity index (χ0) is 14.6. The van der Waals surface area contributed by atoms with Gasteiger partial charge in [0.2, 0.25) is 0 Å². The van der Waals surface area contributed by atoms with Crippen molar-refractivity contribution in [3.8, 4) is 0 Å². The van der Waals surface area contributed by atoms with Crippen molar-refractivity contribution in [2.75, 3.05) is 12.0 Å². The molecular formula is C16H25N3O. The number of nitrogens with two attached hydrogens (primary N) is 1. The number of benzene rings is 1. The van der Waals surface area contributed by atoms with Crippen LogP contribution in [0.4, 0.5) is 5.69 Å². The van der Waals surface area contributed by atoms with Crippen molar-refractivity contribution < 1.29 is 4.79 Å². The van der Waals surface area contributed by atoms with Gasteiger partial charge in [0.05, 0.1) is 11.3 Å². The summed E-state index contributed by atoms with van der Waals surface area (Å²) in [5.41, 5.74) is 5.24. The number of nitrogens with one attached hydrogen (secondary N) is 2. The van der Waals surface area contributed by atoms with Gasteiger partial charge in [-0.1, -0.05) is 31.4 Å². The average molecular weight is 275 g/mol. The van der Waals surface area contributed by atoms with E-state index in [2.05, 4.69) is 17.7 Å². The van der Waals surface area contributed by atoms with Gasteiger partial charge in [0, 0.05) is 6.54 Å². The highest BCUT2D eigenvalue weighted by molar-refractivity contribution is 5.99. The van der Waals surface area contributed by atoms with Crippen LogP contribution in [0.3, 0.4) is 0 Å². The number of amides is 1. The van der Waals surface area contributed by atoms with Crippen LogP contribution in [0.25, 0.3) is 0 Å². The van der Waals surface area contributed by atoms with Gasteiger partial charge in [0.1, 0.15) is 0 Å². The highest BCUT2D eigenvalue weighted by Gasteiger charge is 2.32. The fourth-order valence-corrected chi connectivity index (χ4v) is 3.12. The average Bonchev–Trinajstić information content (AvgIpc) is 2.94. The minimum Gasteiger partial charge on any atom is -0.351 e. The van der Waals surface area contributed by atoms with Gasteiger partial charge in [0.15, 0.2) is 0 Å². The van der Waals surface area contributed by atoms with Gasteiger partial charge < -0.3 is 10.7 Å². The molecule has 0 atom stereocenters. The molecule has 0 spiro atoms. The lowest BCUT2D eigenvalue weighted by molar-refractivity contribution is 0.0929. The third kappa shape index (κ3) is 3.12. The Kier molecular flexibility index (Phi) is 4.65. The van der Waals surface area contributed by atoms with E-state index in [9.17, 15) is 4.79 Å². The Balaban J connectivity index is 2.06. The first kappa shape index (κ1) is 14.9. The van der Waals surface area contributed by atoms with E-state index in [1.165, 1.54) is 25.7 Å². The van der Waals surface area contributed by atoms with E-state index in [1.807, 2.05) is 25.1 Å². The zero-order valence-electron chi connectivity index (χ0n) is 12.5. The molecule has 0 aliphatic heterocycles. The number of anilines is 1. The predicted molar refractivity (Wildman–Crippen MR) is 82.5 cm³/mol. The van der Waals surface area contributed by atoms with Crippen molar-refractivity contribution in [1.82, 2.24) is 5.32 Å². The Bertz CT molecular complexity index is 479. The van der Waals surface area contributed by atoms with Crippen molar-refractivity contribution >= 4 is 11.6 Å². The monoisotopic (exact) mass is 275 g/mol. The second-order valence-electron chi connectivity index (χ2n) is 5.94. The van der Waals surface area contributed by atoms with Crippen molar-refractivity contribution in [3.05, 3.63) is 29.3 Å². The second kappa shape index (κ2) is 6.27. The number of rotatable bonds is 5. The second-order valence-corrected chi connectivity index (χ2v) is 5.94. The molecule has 1 aliphatic rings. The maximum Gasteiger partial charge on any atom is 0.253 e. The topological polar surface area (TPSA) is 67.2 Å². The van der Waals surface area contributed by atoms with Crippen LogP contribution >= 0.6 is 0 Å². The molecule has 0 radical (unpaired) electrons. The lowest BCUT2D eigenvalue weighted by atomic mass is 9.83. The van der Waals surface area contributed by atoms with Gasteiger partial charge in [0.25, 0.3) is 5.91 Å². The van der Waals surface area contributed by atoms with Crippen LogP contribution in [-0.2, 0) is 0 Å².